The molecule has 1 aromatic rings. The monoisotopic (exact) mass is 317 g/mol. The van der Waals surface area contributed by atoms with Crippen molar-refractivity contribution in [1.82, 2.24) is 15.1 Å². The molecule has 0 fully saturated rings. The van der Waals surface area contributed by atoms with E-state index in [1.54, 1.807) is 16.9 Å². The molecule has 0 aliphatic carbocycles. The predicted molar refractivity (Wildman–Crippen MR) is 84.2 cm³/mol. The van der Waals surface area contributed by atoms with E-state index in [9.17, 15) is 9.59 Å². The zero-order valence-electron chi connectivity index (χ0n) is 12.6. The first-order chi connectivity index (χ1) is 9.45. The summed E-state index contributed by atoms with van der Waals surface area (Å²) >= 11 is 0. The summed E-state index contributed by atoms with van der Waals surface area (Å²) in [7, 11) is 0. The van der Waals surface area contributed by atoms with Gasteiger partial charge in [-0.3, -0.25) is 9.59 Å². The van der Waals surface area contributed by atoms with Crippen LogP contribution in [0.4, 0.5) is 5.82 Å². The van der Waals surface area contributed by atoms with Crippen molar-refractivity contribution in [3.05, 3.63) is 12.3 Å². The van der Waals surface area contributed by atoms with Crippen molar-refractivity contribution in [3.63, 3.8) is 0 Å². The predicted octanol–water partition coefficient (Wildman–Crippen LogP) is 0.753. The molecular formula is C13H24ClN5O2. The van der Waals surface area contributed by atoms with Crippen molar-refractivity contribution in [1.29, 1.82) is 0 Å². The van der Waals surface area contributed by atoms with Crippen molar-refractivity contribution in [2.45, 2.75) is 39.8 Å². The highest BCUT2D eigenvalue weighted by atomic mass is 35.5. The molecule has 0 bridgehead atoms. The average molecular weight is 318 g/mol. The summed E-state index contributed by atoms with van der Waals surface area (Å²) in [6, 6.07) is 1.11. The summed E-state index contributed by atoms with van der Waals surface area (Å²) < 4.78 is 1.71. The van der Waals surface area contributed by atoms with Gasteiger partial charge in [0.05, 0.1) is 18.8 Å². The van der Waals surface area contributed by atoms with E-state index in [4.69, 9.17) is 5.73 Å². The average Bonchev–Trinajstić information content (AvgIpc) is 2.82. The lowest BCUT2D eigenvalue weighted by molar-refractivity contribution is -0.125. The normalized spacial score (nSPS) is 11.7. The molecule has 21 heavy (non-hydrogen) atoms. The Morgan fingerprint density at radius 3 is 2.67 bits per heavy atom. The summed E-state index contributed by atoms with van der Waals surface area (Å²) in [4.78, 5) is 23.4. The van der Waals surface area contributed by atoms with Crippen LogP contribution in [0.1, 0.15) is 27.2 Å². The van der Waals surface area contributed by atoms with Gasteiger partial charge < -0.3 is 16.4 Å². The van der Waals surface area contributed by atoms with Gasteiger partial charge in [-0.05, 0) is 12.3 Å². The molecule has 0 radical (unpaired) electrons. The van der Waals surface area contributed by atoms with Crippen LogP contribution in [0.3, 0.4) is 0 Å². The second-order valence-electron chi connectivity index (χ2n) is 4.98. The van der Waals surface area contributed by atoms with Gasteiger partial charge in [0.15, 0.2) is 0 Å². The Labute approximate surface area is 131 Å². The van der Waals surface area contributed by atoms with Gasteiger partial charge in [0.1, 0.15) is 5.82 Å². The van der Waals surface area contributed by atoms with Crippen molar-refractivity contribution in [3.8, 4) is 0 Å². The summed E-state index contributed by atoms with van der Waals surface area (Å²) in [5.41, 5.74) is 5.69. The fraction of sp³-hybridized carbons (Fsp3) is 0.615. The summed E-state index contributed by atoms with van der Waals surface area (Å²) in [5, 5.41) is 9.33. The number of carbonyl (C=O) groups is 2. The first kappa shape index (κ1) is 19.4. The lowest BCUT2D eigenvalue weighted by Crippen LogP contribution is -2.46. The maximum Gasteiger partial charge on any atom is 0.244 e. The smallest absolute Gasteiger partial charge is 0.244 e. The quantitative estimate of drug-likeness (QED) is 0.690. The lowest BCUT2D eigenvalue weighted by Gasteiger charge is -2.15. The Morgan fingerprint density at radius 2 is 2.10 bits per heavy atom. The summed E-state index contributed by atoms with van der Waals surface area (Å²) in [5.74, 6) is 0.0349. The zero-order valence-corrected chi connectivity index (χ0v) is 13.4. The lowest BCUT2D eigenvalue weighted by atomic mass is 10.1. The molecule has 120 valence electrons. The van der Waals surface area contributed by atoms with Crippen LogP contribution in [0.2, 0.25) is 0 Å². The first-order valence-corrected chi connectivity index (χ1v) is 6.80. The second kappa shape index (κ2) is 9.36. The Hall–Kier alpha value is -1.60. The number of rotatable bonds is 7. The fourth-order valence-electron chi connectivity index (χ4n) is 1.60. The Kier molecular flexibility index (Phi) is 8.64. The van der Waals surface area contributed by atoms with E-state index in [0.29, 0.717) is 5.82 Å². The van der Waals surface area contributed by atoms with E-state index >= 15 is 0 Å². The van der Waals surface area contributed by atoms with E-state index < -0.39 is 6.04 Å². The topological polar surface area (TPSA) is 102 Å². The zero-order chi connectivity index (χ0) is 15.1. The Morgan fingerprint density at radius 1 is 1.43 bits per heavy atom. The third kappa shape index (κ3) is 6.14. The van der Waals surface area contributed by atoms with Crippen molar-refractivity contribution >= 4 is 30.0 Å². The van der Waals surface area contributed by atoms with Crippen molar-refractivity contribution < 1.29 is 9.59 Å². The molecule has 0 spiro atoms. The molecule has 1 heterocycles. The van der Waals surface area contributed by atoms with Crippen LogP contribution in [-0.4, -0.2) is 34.2 Å². The highest BCUT2D eigenvalue weighted by Gasteiger charge is 2.17. The van der Waals surface area contributed by atoms with Crippen LogP contribution in [0.15, 0.2) is 12.3 Å². The molecule has 1 atom stereocenters. The molecule has 8 heteroatoms. The number of nitrogens with zero attached hydrogens (tertiary/aromatic N) is 2. The molecule has 4 N–H and O–H groups in total. The van der Waals surface area contributed by atoms with Gasteiger partial charge in [0.25, 0.3) is 0 Å². The maximum atomic E-state index is 11.8. The minimum atomic E-state index is -0.603. The van der Waals surface area contributed by atoms with Gasteiger partial charge in [0.2, 0.25) is 11.8 Å². The molecule has 0 saturated carbocycles. The number of aromatic nitrogens is 2. The maximum absolute atomic E-state index is 11.8. The Bertz CT molecular complexity index is 461. The number of hydrogen-bond donors (Lipinski definition) is 3. The van der Waals surface area contributed by atoms with Crippen molar-refractivity contribution in [2.75, 3.05) is 11.9 Å². The first-order valence-electron chi connectivity index (χ1n) is 6.80. The molecule has 7 nitrogen and oxygen atoms in total. The molecule has 1 aromatic heterocycles. The van der Waals surface area contributed by atoms with E-state index in [1.807, 2.05) is 20.8 Å². The molecule has 0 aliphatic rings. The summed E-state index contributed by atoms with van der Waals surface area (Å²) in [6.45, 7) is 6.37. The van der Waals surface area contributed by atoms with Crippen LogP contribution in [-0.2, 0) is 16.1 Å². The van der Waals surface area contributed by atoms with Crippen LogP contribution in [0.25, 0.3) is 0 Å². The van der Waals surface area contributed by atoms with Crippen LogP contribution >= 0.6 is 12.4 Å². The molecule has 2 amide bonds. The number of anilines is 1. The molecule has 0 saturated heterocycles. The minimum Gasteiger partial charge on any atom is -0.346 e. The Balaban J connectivity index is 0.00000400. The third-order valence-corrected chi connectivity index (χ3v) is 2.86. The third-order valence-electron chi connectivity index (χ3n) is 2.86. The van der Waals surface area contributed by atoms with Crippen LogP contribution in [0, 0.1) is 5.92 Å². The van der Waals surface area contributed by atoms with Crippen molar-refractivity contribution in [2.24, 2.45) is 11.7 Å². The molecule has 0 aliphatic heterocycles. The number of nitrogens with two attached hydrogens (primary N) is 1. The second-order valence-corrected chi connectivity index (χ2v) is 4.98. The van der Waals surface area contributed by atoms with E-state index in [-0.39, 0.29) is 36.7 Å². The fourth-order valence-corrected chi connectivity index (χ4v) is 1.60. The molecule has 0 unspecified atom stereocenters. The van der Waals surface area contributed by atoms with Crippen LogP contribution in [0.5, 0.6) is 0 Å². The number of amides is 2. The van der Waals surface area contributed by atoms with Gasteiger partial charge in [-0.2, -0.15) is 5.10 Å². The molecular weight excluding hydrogens is 294 g/mol. The molecule has 0 aromatic carbocycles. The van der Waals surface area contributed by atoms with E-state index in [2.05, 4.69) is 15.7 Å². The number of hydrogen-bond acceptors (Lipinski definition) is 4. The van der Waals surface area contributed by atoms with Crippen LogP contribution < -0.4 is 16.4 Å². The summed E-state index contributed by atoms with van der Waals surface area (Å²) in [6.07, 6.45) is 2.54. The largest absolute Gasteiger partial charge is 0.346 e. The number of halogens is 1. The molecule has 1 rings (SSSR count). The number of nitrogens with one attached hydrogen (secondary N) is 2. The van der Waals surface area contributed by atoms with E-state index in [0.717, 1.165) is 13.0 Å². The number of carbonyl (C=O) groups excluding carboxylic acids is 2. The SMILES string of the molecule is CCCn1nccc1NC(=O)CNC(=O)[C@@H](N)C(C)C.Cl. The van der Waals surface area contributed by atoms with Gasteiger partial charge in [0, 0.05) is 12.6 Å². The highest BCUT2D eigenvalue weighted by molar-refractivity contribution is 5.94. The standard InChI is InChI=1S/C13H23N5O2.ClH/c1-4-7-18-10(5-6-16-18)17-11(19)8-15-13(20)12(14)9(2)3;/h5-6,9,12H,4,7-8,14H2,1-3H3,(H,15,20)(H,17,19);1H/t12-;/m0./s1. The highest BCUT2D eigenvalue weighted by Crippen LogP contribution is 2.06. The van der Waals surface area contributed by atoms with Gasteiger partial charge in [-0.25, -0.2) is 4.68 Å². The number of aryl methyl sites for hydroxylation is 1. The van der Waals surface area contributed by atoms with Gasteiger partial charge in [-0.15, -0.1) is 12.4 Å². The van der Waals surface area contributed by atoms with E-state index in [1.165, 1.54) is 0 Å². The van der Waals surface area contributed by atoms with Gasteiger partial charge in [-0.1, -0.05) is 20.8 Å². The minimum absolute atomic E-state index is 0. The van der Waals surface area contributed by atoms with Gasteiger partial charge >= 0.3 is 0 Å².